The highest BCUT2D eigenvalue weighted by Crippen LogP contribution is 2.31. The summed E-state index contributed by atoms with van der Waals surface area (Å²) in [5.41, 5.74) is 6.77. The van der Waals surface area contributed by atoms with Crippen molar-refractivity contribution in [1.29, 1.82) is 0 Å². The summed E-state index contributed by atoms with van der Waals surface area (Å²) in [7, 11) is 2.16. The van der Waals surface area contributed by atoms with Crippen LogP contribution in [0.3, 0.4) is 0 Å². The zero-order chi connectivity index (χ0) is 10.8. The third-order valence-electron chi connectivity index (χ3n) is 3.24. The van der Waals surface area contributed by atoms with Gasteiger partial charge < -0.3 is 10.6 Å². The van der Waals surface area contributed by atoms with Gasteiger partial charge in [0.15, 0.2) is 5.13 Å². The number of hydrogen-bond donors (Lipinski definition) is 1. The van der Waals surface area contributed by atoms with E-state index in [2.05, 4.69) is 16.9 Å². The molecule has 0 atom stereocenters. The molecule has 0 aliphatic heterocycles. The topological polar surface area (TPSA) is 42.2 Å². The first-order chi connectivity index (χ1) is 7.22. The fourth-order valence-corrected chi connectivity index (χ4v) is 3.17. The van der Waals surface area contributed by atoms with E-state index in [1.54, 1.807) is 11.3 Å². The first-order valence-electron chi connectivity index (χ1n) is 5.61. The van der Waals surface area contributed by atoms with E-state index >= 15 is 0 Å². The van der Waals surface area contributed by atoms with Crippen LogP contribution in [0.2, 0.25) is 0 Å². The monoisotopic (exact) mass is 225 g/mol. The van der Waals surface area contributed by atoms with Crippen molar-refractivity contribution in [2.24, 2.45) is 5.73 Å². The molecule has 2 N–H and O–H groups in total. The first kappa shape index (κ1) is 10.9. The van der Waals surface area contributed by atoms with Gasteiger partial charge >= 0.3 is 0 Å². The van der Waals surface area contributed by atoms with Gasteiger partial charge in [-0.15, -0.1) is 11.3 Å². The van der Waals surface area contributed by atoms with Crippen LogP contribution in [0.25, 0.3) is 0 Å². The number of rotatable bonds is 3. The molecule has 0 bridgehead atoms. The molecule has 15 heavy (non-hydrogen) atoms. The van der Waals surface area contributed by atoms with Gasteiger partial charge in [-0.1, -0.05) is 12.8 Å². The smallest absolute Gasteiger partial charge is 0.185 e. The molecule has 3 nitrogen and oxygen atoms in total. The van der Waals surface area contributed by atoms with Crippen molar-refractivity contribution in [2.45, 2.75) is 45.2 Å². The molecule has 2 rings (SSSR count). The Morgan fingerprint density at radius 1 is 1.47 bits per heavy atom. The molecule has 0 saturated heterocycles. The molecule has 0 radical (unpaired) electrons. The highest BCUT2D eigenvalue weighted by molar-refractivity contribution is 7.15. The Balaban J connectivity index is 2.13. The van der Waals surface area contributed by atoms with Crippen molar-refractivity contribution in [3.05, 3.63) is 10.6 Å². The minimum absolute atomic E-state index is 0.613. The van der Waals surface area contributed by atoms with Gasteiger partial charge in [0.05, 0.1) is 5.69 Å². The van der Waals surface area contributed by atoms with Crippen LogP contribution in [0, 0.1) is 6.92 Å². The highest BCUT2D eigenvalue weighted by atomic mass is 32.1. The summed E-state index contributed by atoms with van der Waals surface area (Å²) in [5.74, 6) is 0. The molecule has 0 amide bonds. The van der Waals surface area contributed by atoms with Gasteiger partial charge in [0.1, 0.15) is 0 Å². The maximum absolute atomic E-state index is 5.67. The summed E-state index contributed by atoms with van der Waals surface area (Å²) in [6, 6.07) is 0.696. The standard InChI is InChI=1S/C11H19N3S/c1-8-10(7-12)15-11(13-8)14(2)9-5-3-4-6-9/h9H,3-7,12H2,1-2H3. The summed E-state index contributed by atoms with van der Waals surface area (Å²) in [6.07, 6.45) is 5.35. The summed E-state index contributed by atoms with van der Waals surface area (Å²) >= 11 is 1.74. The van der Waals surface area contributed by atoms with Crippen LogP contribution in [0.15, 0.2) is 0 Å². The van der Waals surface area contributed by atoms with E-state index < -0.39 is 0 Å². The minimum Gasteiger partial charge on any atom is -0.348 e. The molecule has 1 saturated carbocycles. The first-order valence-corrected chi connectivity index (χ1v) is 6.43. The minimum atomic E-state index is 0.613. The second kappa shape index (κ2) is 4.49. The number of nitrogens with zero attached hydrogens (tertiary/aromatic N) is 2. The van der Waals surface area contributed by atoms with Crippen LogP contribution < -0.4 is 10.6 Å². The van der Waals surface area contributed by atoms with Crippen LogP contribution in [0.4, 0.5) is 5.13 Å². The van der Waals surface area contributed by atoms with E-state index in [1.165, 1.54) is 30.6 Å². The Hall–Kier alpha value is -0.610. The van der Waals surface area contributed by atoms with Gasteiger partial charge in [0, 0.05) is 24.5 Å². The molecule has 1 aliphatic rings. The largest absolute Gasteiger partial charge is 0.348 e. The lowest BCUT2D eigenvalue weighted by Crippen LogP contribution is -2.28. The second-order valence-electron chi connectivity index (χ2n) is 4.26. The predicted molar refractivity (Wildman–Crippen MR) is 65.4 cm³/mol. The quantitative estimate of drug-likeness (QED) is 0.858. The van der Waals surface area contributed by atoms with Crippen molar-refractivity contribution < 1.29 is 0 Å². The van der Waals surface area contributed by atoms with E-state index in [0.29, 0.717) is 12.6 Å². The SMILES string of the molecule is Cc1nc(N(C)C2CCCC2)sc1CN. The van der Waals surface area contributed by atoms with E-state index in [1.807, 2.05) is 6.92 Å². The highest BCUT2D eigenvalue weighted by Gasteiger charge is 2.22. The Labute approximate surface area is 95.3 Å². The molecule has 1 aliphatic carbocycles. The third-order valence-corrected chi connectivity index (χ3v) is 4.51. The fraction of sp³-hybridized carbons (Fsp3) is 0.727. The van der Waals surface area contributed by atoms with Crippen molar-refractivity contribution in [3.63, 3.8) is 0 Å². The second-order valence-corrected chi connectivity index (χ2v) is 5.32. The molecule has 1 fully saturated rings. The van der Waals surface area contributed by atoms with Gasteiger partial charge in [0.25, 0.3) is 0 Å². The lowest BCUT2D eigenvalue weighted by atomic mass is 10.2. The number of aryl methyl sites for hydroxylation is 1. The number of thiazole rings is 1. The van der Waals surface area contributed by atoms with Crippen molar-refractivity contribution in [3.8, 4) is 0 Å². The van der Waals surface area contributed by atoms with E-state index in [9.17, 15) is 0 Å². The summed E-state index contributed by atoms with van der Waals surface area (Å²) in [6.45, 7) is 2.66. The molecule has 0 spiro atoms. The van der Waals surface area contributed by atoms with Crippen LogP contribution in [-0.2, 0) is 6.54 Å². The Morgan fingerprint density at radius 2 is 2.13 bits per heavy atom. The Morgan fingerprint density at radius 3 is 2.67 bits per heavy atom. The molecule has 1 aromatic heterocycles. The van der Waals surface area contributed by atoms with Crippen LogP contribution in [0.5, 0.6) is 0 Å². The summed E-state index contributed by atoms with van der Waals surface area (Å²) in [4.78, 5) is 8.14. The van der Waals surface area contributed by atoms with E-state index in [4.69, 9.17) is 5.73 Å². The lowest BCUT2D eigenvalue weighted by Gasteiger charge is -2.23. The van der Waals surface area contributed by atoms with Crippen LogP contribution in [-0.4, -0.2) is 18.1 Å². The van der Waals surface area contributed by atoms with Gasteiger partial charge in [-0.3, -0.25) is 0 Å². The van der Waals surface area contributed by atoms with Crippen molar-refractivity contribution in [2.75, 3.05) is 11.9 Å². The van der Waals surface area contributed by atoms with E-state index in [0.717, 1.165) is 10.8 Å². The fourth-order valence-electron chi connectivity index (χ4n) is 2.20. The molecule has 4 heteroatoms. The van der Waals surface area contributed by atoms with Gasteiger partial charge in [-0.05, 0) is 19.8 Å². The van der Waals surface area contributed by atoms with Crippen molar-refractivity contribution >= 4 is 16.5 Å². The maximum Gasteiger partial charge on any atom is 0.185 e. The zero-order valence-corrected chi connectivity index (χ0v) is 10.3. The van der Waals surface area contributed by atoms with Gasteiger partial charge in [-0.25, -0.2) is 4.98 Å². The third kappa shape index (κ3) is 2.16. The molecule has 1 aromatic rings. The Bertz CT molecular complexity index is 329. The summed E-state index contributed by atoms with van der Waals surface area (Å²) in [5, 5.41) is 1.14. The number of nitrogens with two attached hydrogens (primary N) is 1. The lowest BCUT2D eigenvalue weighted by molar-refractivity contribution is 0.651. The average Bonchev–Trinajstić information content (AvgIpc) is 2.85. The summed E-state index contributed by atoms with van der Waals surface area (Å²) < 4.78 is 0. The predicted octanol–water partition coefficient (Wildman–Crippen LogP) is 2.29. The molecule has 84 valence electrons. The van der Waals surface area contributed by atoms with Crippen LogP contribution >= 0.6 is 11.3 Å². The number of aromatic nitrogens is 1. The van der Waals surface area contributed by atoms with Crippen molar-refractivity contribution in [1.82, 2.24) is 4.98 Å². The molecule has 0 unspecified atom stereocenters. The Kier molecular flexibility index (Phi) is 3.26. The molecular weight excluding hydrogens is 206 g/mol. The maximum atomic E-state index is 5.67. The number of hydrogen-bond acceptors (Lipinski definition) is 4. The molecular formula is C11H19N3S. The zero-order valence-electron chi connectivity index (χ0n) is 9.49. The molecule has 1 heterocycles. The normalized spacial score (nSPS) is 17.3. The number of anilines is 1. The van der Waals surface area contributed by atoms with E-state index in [-0.39, 0.29) is 0 Å². The average molecular weight is 225 g/mol. The van der Waals surface area contributed by atoms with Gasteiger partial charge in [0.2, 0.25) is 0 Å². The van der Waals surface area contributed by atoms with Crippen LogP contribution in [0.1, 0.15) is 36.3 Å². The van der Waals surface area contributed by atoms with Gasteiger partial charge in [-0.2, -0.15) is 0 Å². The molecule has 0 aromatic carbocycles.